The fourth-order valence-corrected chi connectivity index (χ4v) is 3.67. The van der Waals surface area contributed by atoms with Crippen LogP contribution in [0, 0.1) is 0 Å². The van der Waals surface area contributed by atoms with Crippen LogP contribution in [0.1, 0.15) is 24.0 Å². The minimum atomic E-state index is 0.324. The second-order valence-electron chi connectivity index (χ2n) is 6.04. The van der Waals surface area contributed by atoms with Crippen LogP contribution < -0.4 is 10.1 Å². The Kier molecular flexibility index (Phi) is 7.02. The summed E-state index contributed by atoms with van der Waals surface area (Å²) in [5.74, 6) is 0.842. The maximum atomic E-state index is 6.22. The standard InChI is InChI=1S/C19H20BrCl2NO2/c20-15-4-6-19(25-12-13-3-5-16(21)9-18(13)22)14(8-15)10-23-11-17-2-1-7-24-17/h3-6,8-9,17,23H,1-2,7,10-12H2/t17-/m1/s1. The molecule has 25 heavy (non-hydrogen) atoms. The van der Waals surface area contributed by atoms with Gasteiger partial charge in [-0.2, -0.15) is 0 Å². The van der Waals surface area contributed by atoms with E-state index in [0.717, 1.165) is 53.9 Å². The van der Waals surface area contributed by atoms with Crippen molar-refractivity contribution in [1.82, 2.24) is 5.32 Å². The van der Waals surface area contributed by atoms with Crippen molar-refractivity contribution >= 4 is 39.1 Å². The summed E-state index contributed by atoms with van der Waals surface area (Å²) in [6.07, 6.45) is 2.60. The molecule has 1 atom stereocenters. The molecule has 1 aliphatic rings. The molecule has 1 N–H and O–H groups in total. The third kappa shape index (κ3) is 5.60. The molecule has 0 radical (unpaired) electrons. The van der Waals surface area contributed by atoms with Crippen LogP contribution >= 0.6 is 39.1 Å². The van der Waals surface area contributed by atoms with E-state index >= 15 is 0 Å². The smallest absolute Gasteiger partial charge is 0.124 e. The van der Waals surface area contributed by atoms with Gasteiger partial charge in [0, 0.05) is 45.3 Å². The molecule has 0 amide bonds. The summed E-state index contributed by atoms with van der Waals surface area (Å²) in [6, 6.07) is 11.4. The van der Waals surface area contributed by atoms with E-state index in [0.29, 0.717) is 22.8 Å². The first-order chi connectivity index (χ1) is 12.1. The van der Waals surface area contributed by atoms with Crippen molar-refractivity contribution in [3.8, 4) is 5.75 Å². The normalized spacial score (nSPS) is 17.0. The maximum Gasteiger partial charge on any atom is 0.124 e. The van der Waals surface area contributed by atoms with Gasteiger partial charge in [0.2, 0.25) is 0 Å². The lowest BCUT2D eigenvalue weighted by Crippen LogP contribution is -2.26. The number of halogens is 3. The van der Waals surface area contributed by atoms with Crippen LogP contribution in [0.4, 0.5) is 0 Å². The number of ether oxygens (including phenoxy) is 2. The van der Waals surface area contributed by atoms with E-state index < -0.39 is 0 Å². The molecule has 0 bridgehead atoms. The molecule has 0 unspecified atom stereocenters. The van der Waals surface area contributed by atoms with Gasteiger partial charge in [0.1, 0.15) is 12.4 Å². The lowest BCUT2D eigenvalue weighted by molar-refractivity contribution is 0.110. The van der Waals surface area contributed by atoms with Crippen molar-refractivity contribution in [2.75, 3.05) is 13.2 Å². The quantitative estimate of drug-likeness (QED) is 0.602. The molecule has 1 aliphatic heterocycles. The van der Waals surface area contributed by atoms with Gasteiger partial charge in [0.15, 0.2) is 0 Å². The third-order valence-corrected chi connectivity index (χ3v) is 5.21. The molecule has 1 fully saturated rings. The van der Waals surface area contributed by atoms with Crippen molar-refractivity contribution in [1.29, 1.82) is 0 Å². The Balaban J connectivity index is 1.61. The number of hydrogen-bond acceptors (Lipinski definition) is 3. The zero-order valence-electron chi connectivity index (χ0n) is 13.7. The molecule has 2 aromatic rings. The first-order valence-electron chi connectivity index (χ1n) is 8.29. The Morgan fingerprint density at radius 1 is 1.16 bits per heavy atom. The molecule has 6 heteroatoms. The maximum absolute atomic E-state index is 6.22. The Labute approximate surface area is 166 Å². The van der Waals surface area contributed by atoms with Gasteiger partial charge in [-0.1, -0.05) is 45.2 Å². The highest BCUT2D eigenvalue weighted by atomic mass is 79.9. The van der Waals surface area contributed by atoms with Gasteiger partial charge in [0.25, 0.3) is 0 Å². The van der Waals surface area contributed by atoms with Crippen molar-refractivity contribution in [2.24, 2.45) is 0 Å². The van der Waals surface area contributed by atoms with Crippen LogP contribution in [0.25, 0.3) is 0 Å². The van der Waals surface area contributed by atoms with Gasteiger partial charge in [-0.15, -0.1) is 0 Å². The lowest BCUT2D eigenvalue weighted by atomic mass is 10.2. The minimum Gasteiger partial charge on any atom is -0.489 e. The van der Waals surface area contributed by atoms with Crippen molar-refractivity contribution in [2.45, 2.75) is 32.1 Å². The Morgan fingerprint density at radius 3 is 2.80 bits per heavy atom. The largest absolute Gasteiger partial charge is 0.489 e. The number of rotatable bonds is 7. The monoisotopic (exact) mass is 443 g/mol. The summed E-state index contributed by atoms with van der Waals surface area (Å²) in [4.78, 5) is 0. The van der Waals surface area contributed by atoms with E-state index in [1.807, 2.05) is 24.3 Å². The molecule has 3 nitrogen and oxygen atoms in total. The van der Waals surface area contributed by atoms with Crippen molar-refractivity contribution < 1.29 is 9.47 Å². The Hall–Kier alpha value is -0.780. The van der Waals surface area contributed by atoms with Crippen LogP contribution in [0.15, 0.2) is 40.9 Å². The summed E-state index contributed by atoms with van der Waals surface area (Å²) >= 11 is 15.7. The Morgan fingerprint density at radius 2 is 2.04 bits per heavy atom. The van der Waals surface area contributed by atoms with Crippen LogP contribution in [0.3, 0.4) is 0 Å². The average Bonchev–Trinajstić information content (AvgIpc) is 3.09. The van der Waals surface area contributed by atoms with Gasteiger partial charge in [0.05, 0.1) is 6.10 Å². The number of benzene rings is 2. The van der Waals surface area contributed by atoms with Crippen LogP contribution in [-0.4, -0.2) is 19.3 Å². The third-order valence-electron chi connectivity index (χ3n) is 4.13. The zero-order valence-corrected chi connectivity index (χ0v) is 16.8. The molecule has 1 heterocycles. The molecule has 0 aromatic heterocycles. The topological polar surface area (TPSA) is 30.5 Å². The number of nitrogens with one attached hydrogen (secondary N) is 1. The van der Waals surface area contributed by atoms with E-state index in [4.69, 9.17) is 32.7 Å². The predicted molar refractivity (Wildman–Crippen MR) is 106 cm³/mol. The minimum absolute atomic E-state index is 0.324. The molecule has 0 spiro atoms. The molecular formula is C19H20BrCl2NO2. The summed E-state index contributed by atoms with van der Waals surface area (Å²) in [5.41, 5.74) is 2.00. The van der Waals surface area contributed by atoms with E-state index in [9.17, 15) is 0 Å². The molecule has 0 saturated carbocycles. The molecular weight excluding hydrogens is 425 g/mol. The summed E-state index contributed by atoms with van der Waals surface area (Å²) < 4.78 is 12.7. The van der Waals surface area contributed by atoms with Crippen LogP contribution in [0.2, 0.25) is 10.0 Å². The summed E-state index contributed by atoms with van der Waals surface area (Å²) in [5, 5.41) is 4.69. The van der Waals surface area contributed by atoms with E-state index in [1.165, 1.54) is 0 Å². The van der Waals surface area contributed by atoms with Gasteiger partial charge in [-0.05, 0) is 43.2 Å². The van der Waals surface area contributed by atoms with E-state index in [2.05, 4.69) is 27.3 Å². The van der Waals surface area contributed by atoms with Gasteiger partial charge in [-0.3, -0.25) is 0 Å². The number of hydrogen-bond donors (Lipinski definition) is 1. The van der Waals surface area contributed by atoms with E-state index in [1.54, 1.807) is 6.07 Å². The first-order valence-corrected chi connectivity index (χ1v) is 9.84. The fraction of sp³-hybridized carbons (Fsp3) is 0.368. The highest BCUT2D eigenvalue weighted by Gasteiger charge is 2.15. The van der Waals surface area contributed by atoms with Crippen LogP contribution in [0.5, 0.6) is 5.75 Å². The Bertz CT molecular complexity index is 721. The lowest BCUT2D eigenvalue weighted by Gasteiger charge is -2.15. The zero-order chi connectivity index (χ0) is 17.6. The fourth-order valence-electron chi connectivity index (χ4n) is 2.79. The molecule has 134 valence electrons. The molecule has 3 rings (SSSR count). The summed E-state index contributed by atoms with van der Waals surface area (Å²) in [6.45, 7) is 2.85. The highest BCUT2D eigenvalue weighted by molar-refractivity contribution is 9.10. The van der Waals surface area contributed by atoms with Gasteiger partial charge in [-0.25, -0.2) is 0 Å². The second-order valence-corrected chi connectivity index (χ2v) is 7.80. The predicted octanol–water partition coefficient (Wildman–Crippen LogP) is 5.60. The van der Waals surface area contributed by atoms with Gasteiger partial charge < -0.3 is 14.8 Å². The molecule has 0 aliphatic carbocycles. The van der Waals surface area contributed by atoms with Crippen molar-refractivity contribution in [3.63, 3.8) is 0 Å². The van der Waals surface area contributed by atoms with Crippen LogP contribution in [-0.2, 0) is 17.9 Å². The summed E-state index contributed by atoms with van der Waals surface area (Å²) in [7, 11) is 0. The highest BCUT2D eigenvalue weighted by Crippen LogP contribution is 2.26. The molecule has 1 saturated heterocycles. The molecule has 2 aromatic carbocycles. The first kappa shape index (κ1) is 19.0. The SMILES string of the molecule is Clc1ccc(COc2ccc(Br)cc2CNC[C@H]2CCCO2)c(Cl)c1. The second kappa shape index (κ2) is 9.24. The van der Waals surface area contributed by atoms with Crippen molar-refractivity contribution in [3.05, 3.63) is 62.0 Å². The van der Waals surface area contributed by atoms with Gasteiger partial charge >= 0.3 is 0 Å². The van der Waals surface area contributed by atoms with E-state index in [-0.39, 0.29) is 0 Å². The average molecular weight is 445 g/mol.